The highest BCUT2D eigenvalue weighted by molar-refractivity contribution is 7.18. The molecule has 2 fully saturated rings. The lowest BCUT2D eigenvalue weighted by Gasteiger charge is -2.40. The van der Waals surface area contributed by atoms with Crippen molar-refractivity contribution in [2.45, 2.75) is 70.9 Å². The second-order valence-electron chi connectivity index (χ2n) is 9.51. The van der Waals surface area contributed by atoms with Crippen LogP contribution in [0.1, 0.15) is 55.9 Å². The van der Waals surface area contributed by atoms with Gasteiger partial charge in [-0.1, -0.05) is 19.3 Å². The third-order valence-electron chi connectivity index (χ3n) is 7.55. The van der Waals surface area contributed by atoms with Crippen molar-refractivity contribution in [3.63, 3.8) is 0 Å². The van der Waals surface area contributed by atoms with E-state index in [0.717, 1.165) is 62.2 Å². The van der Waals surface area contributed by atoms with Crippen LogP contribution in [0.15, 0.2) is 11.1 Å². The number of aryl methyl sites for hydroxylation is 1. The topological polar surface area (TPSA) is 67.7 Å². The molecule has 0 unspecified atom stereocenters. The molecule has 5 rings (SSSR count). The molecule has 2 aromatic heterocycles. The van der Waals surface area contributed by atoms with E-state index in [-0.39, 0.29) is 11.7 Å². The molecule has 0 N–H and O–H groups in total. The van der Waals surface area contributed by atoms with E-state index < -0.39 is 0 Å². The summed E-state index contributed by atoms with van der Waals surface area (Å²) >= 11 is 1.71. The third kappa shape index (κ3) is 4.31. The molecule has 2 aliphatic carbocycles. The molecule has 0 aromatic carbocycles. The van der Waals surface area contributed by atoms with Crippen molar-refractivity contribution in [2.75, 3.05) is 32.8 Å². The summed E-state index contributed by atoms with van der Waals surface area (Å²) in [5.41, 5.74) is 1.42. The van der Waals surface area contributed by atoms with Crippen LogP contribution in [0.3, 0.4) is 0 Å². The highest BCUT2D eigenvalue weighted by Crippen LogP contribution is 2.35. The molecule has 3 aliphatic rings. The number of piperazine rings is 1. The highest BCUT2D eigenvalue weighted by Gasteiger charge is 2.31. The largest absolute Gasteiger partial charge is 0.450 e. The number of fused-ring (bicyclic) bond motifs is 3. The molecule has 8 heteroatoms. The molecule has 1 amide bonds. The Morgan fingerprint density at radius 1 is 1.16 bits per heavy atom. The maximum atomic E-state index is 13.3. The summed E-state index contributed by atoms with van der Waals surface area (Å²) in [5.74, 6) is 0.618. The summed E-state index contributed by atoms with van der Waals surface area (Å²) < 4.78 is 7.02. The van der Waals surface area contributed by atoms with Crippen LogP contribution < -0.4 is 5.56 Å². The van der Waals surface area contributed by atoms with Gasteiger partial charge in [-0.2, -0.15) is 0 Å². The molecule has 3 heterocycles. The predicted octanol–water partition coefficient (Wildman–Crippen LogP) is 3.67. The summed E-state index contributed by atoms with van der Waals surface area (Å²) in [6.07, 6.45) is 11.0. The number of carbonyl (C=O) groups excluding carboxylic acids is 1. The Kier molecular flexibility index (Phi) is 6.51. The Bertz CT molecular complexity index is 1020. The lowest BCUT2D eigenvalue weighted by atomic mass is 9.89. The van der Waals surface area contributed by atoms with Crippen LogP contribution in [0.2, 0.25) is 0 Å². The minimum atomic E-state index is -0.196. The third-order valence-corrected chi connectivity index (χ3v) is 8.71. The summed E-state index contributed by atoms with van der Waals surface area (Å²) in [5, 5.41) is 0.883. The van der Waals surface area contributed by atoms with Crippen LogP contribution in [0, 0.1) is 5.92 Å². The van der Waals surface area contributed by atoms with Crippen LogP contribution in [-0.2, 0) is 24.1 Å². The van der Waals surface area contributed by atoms with E-state index in [1.807, 2.05) is 16.4 Å². The van der Waals surface area contributed by atoms with Crippen LogP contribution in [-0.4, -0.2) is 64.3 Å². The van der Waals surface area contributed by atoms with Crippen molar-refractivity contribution in [1.29, 1.82) is 0 Å². The molecule has 0 bridgehead atoms. The van der Waals surface area contributed by atoms with Gasteiger partial charge >= 0.3 is 6.09 Å². The molecule has 1 atom stereocenters. The van der Waals surface area contributed by atoms with Crippen molar-refractivity contribution < 1.29 is 9.53 Å². The van der Waals surface area contributed by atoms with Crippen LogP contribution in [0.5, 0.6) is 0 Å². The first kappa shape index (κ1) is 21.9. The van der Waals surface area contributed by atoms with E-state index in [9.17, 15) is 9.59 Å². The molecule has 0 radical (unpaired) electrons. The number of hydrogen-bond donors (Lipinski definition) is 0. The average Bonchev–Trinajstić information content (AvgIpc) is 3.20. The van der Waals surface area contributed by atoms with Crippen molar-refractivity contribution >= 4 is 27.6 Å². The second kappa shape index (κ2) is 9.51. The molecular formula is C24H34N4O3S. The average molecular weight is 459 g/mol. The van der Waals surface area contributed by atoms with Crippen LogP contribution >= 0.6 is 11.3 Å². The van der Waals surface area contributed by atoms with Gasteiger partial charge in [0.2, 0.25) is 0 Å². The highest BCUT2D eigenvalue weighted by atomic mass is 32.1. The minimum Gasteiger partial charge on any atom is -0.450 e. The lowest BCUT2D eigenvalue weighted by molar-refractivity contribution is 0.0635. The number of thiophene rings is 1. The SMILES string of the molecule is CCOC(=O)N1CCN([C@H]2CCc3c(sc4ncn(CC5CCCCC5)c(=O)c34)C2)CC1. The van der Waals surface area contributed by atoms with Gasteiger partial charge in [-0.25, -0.2) is 9.78 Å². The fourth-order valence-corrected chi connectivity index (χ4v) is 7.01. The van der Waals surface area contributed by atoms with Crippen molar-refractivity contribution in [1.82, 2.24) is 19.4 Å². The maximum absolute atomic E-state index is 13.3. The Morgan fingerprint density at radius 3 is 2.69 bits per heavy atom. The van der Waals surface area contributed by atoms with Gasteiger partial charge in [-0.3, -0.25) is 14.3 Å². The van der Waals surface area contributed by atoms with Crippen molar-refractivity contribution in [2.24, 2.45) is 5.92 Å². The normalized spacial score (nSPS) is 22.8. The number of hydrogen-bond acceptors (Lipinski definition) is 6. The fourth-order valence-electron chi connectivity index (χ4n) is 5.76. The Hall–Kier alpha value is -1.93. The van der Waals surface area contributed by atoms with E-state index >= 15 is 0 Å². The van der Waals surface area contributed by atoms with Gasteiger partial charge in [0, 0.05) is 43.6 Å². The Morgan fingerprint density at radius 2 is 1.94 bits per heavy atom. The zero-order valence-electron chi connectivity index (χ0n) is 19.1. The number of aromatic nitrogens is 2. The quantitative estimate of drug-likeness (QED) is 0.699. The summed E-state index contributed by atoms with van der Waals surface area (Å²) in [6, 6.07) is 0.476. The first-order valence-electron chi connectivity index (χ1n) is 12.3. The van der Waals surface area contributed by atoms with E-state index in [2.05, 4.69) is 4.90 Å². The van der Waals surface area contributed by atoms with Crippen molar-refractivity contribution in [3.05, 3.63) is 27.1 Å². The van der Waals surface area contributed by atoms with E-state index in [1.54, 1.807) is 17.7 Å². The summed E-state index contributed by atoms with van der Waals surface area (Å²) in [4.78, 5) is 36.6. The molecule has 1 saturated carbocycles. The molecule has 1 aliphatic heterocycles. The zero-order valence-corrected chi connectivity index (χ0v) is 19.9. The first-order valence-corrected chi connectivity index (χ1v) is 13.1. The van der Waals surface area contributed by atoms with Gasteiger partial charge in [0.05, 0.1) is 18.3 Å². The minimum absolute atomic E-state index is 0.166. The molecule has 32 heavy (non-hydrogen) atoms. The van der Waals surface area contributed by atoms with Crippen LogP contribution in [0.4, 0.5) is 4.79 Å². The summed E-state index contributed by atoms with van der Waals surface area (Å²) in [7, 11) is 0. The second-order valence-corrected chi connectivity index (χ2v) is 10.6. The van der Waals surface area contributed by atoms with Gasteiger partial charge in [-0.05, 0) is 50.5 Å². The zero-order chi connectivity index (χ0) is 22.1. The molecule has 7 nitrogen and oxygen atoms in total. The number of ether oxygens (including phenoxy) is 1. The van der Waals surface area contributed by atoms with Crippen LogP contribution in [0.25, 0.3) is 10.2 Å². The van der Waals surface area contributed by atoms with Gasteiger partial charge in [-0.15, -0.1) is 11.3 Å². The number of carbonyl (C=O) groups is 1. The van der Waals surface area contributed by atoms with Gasteiger partial charge in [0.15, 0.2) is 0 Å². The standard InChI is InChI=1S/C24H34N4O3S/c1-2-31-24(30)27-12-10-26(11-13-27)18-8-9-19-20(14-18)32-22-21(19)23(29)28(16-25-22)15-17-6-4-3-5-7-17/h16-18H,2-15H2,1H3/t18-/m0/s1. The molecule has 174 valence electrons. The van der Waals surface area contributed by atoms with Gasteiger partial charge in [0.25, 0.3) is 5.56 Å². The van der Waals surface area contributed by atoms with Gasteiger partial charge in [0.1, 0.15) is 4.83 Å². The Labute approximate surface area is 193 Å². The van der Waals surface area contributed by atoms with Gasteiger partial charge < -0.3 is 9.64 Å². The molecule has 0 spiro atoms. The van der Waals surface area contributed by atoms with E-state index in [1.165, 1.54) is 42.5 Å². The lowest BCUT2D eigenvalue weighted by Crippen LogP contribution is -2.53. The number of amides is 1. The smallest absolute Gasteiger partial charge is 0.409 e. The number of nitrogens with zero attached hydrogens (tertiary/aromatic N) is 4. The van der Waals surface area contributed by atoms with Crippen molar-refractivity contribution in [3.8, 4) is 0 Å². The number of rotatable bonds is 4. The van der Waals surface area contributed by atoms with E-state index in [0.29, 0.717) is 18.6 Å². The molecule has 2 aromatic rings. The fraction of sp³-hybridized carbons (Fsp3) is 0.708. The summed E-state index contributed by atoms with van der Waals surface area (Å²) in [6.45, 7) is 6.31. The predicted molar refractivity (Wildman–Crippen MR) is 126 cm³/mol. The maximum Gasteiger partial charge on any atom is 0.409 e. The first-order chi connectivity index (χ1) is 15.6. The molecular weight excluding hydrogens is 424 g/mol. The molecule has 1 saturated heterocycles. The Balaban J connectivity index is 1.28. The monoisotopic (exact) mass is 458 g/mol. The van der Waals surface area contributed by atoms with E-state index in [4.69, 9.17) is 9.72 Å².